The molecule has 0 aliphatic rings. The molecule has 8 heavy (non-hydrogen) atoms. The molecular weight excluding hydrogens is 102 g/mol. The molecule has 0 unspecified atom stereocenters. The molecule has 1 aromatic rings. The predicted octanol–water partition coefficient (Wildman–Crippen LogP) is 0.768. The highest BCUT2D eigenvalue weighted by atomic mass is 15.4. The first-order valence-electron chi connectivity index (χ1n) is 2.27. The number of hydrogen-bond donors (Lipinski definition) is 1. The molecule has 1 aromatic heterocycles. The number of aromatic nitrogens is 1. The lowest BCUT2D eigenvalue weighted by Gasteiger charge is -1.79. The third-order valence-electron chi connectivity index (χ3n) is 0.815. The van der Waals surface area contributed by atoms with Crippen LogP contribution in [0.4, 0.5) is 0 Å². The van der Waals surface area contributed by atoms with Crippen LogP contribution in [-0.2, 0) is 0 Å². The van der Waals surface area contributed by atoms with Gasteiger partial charge in [0.2, 0.25) is 0 Å². The van der Waals surface area contributed by atoms with Gasteiger partial charge in [0.15, 0.2) is 0 Å². The Balaban J connectivity index is 2.99. The average Bonchev–Trinajstić information content (AvgIpc) is 1.90. The summed E-state index contributed by atoms with van der Waals surface area (Å²) in [5.74, 6) is 0. The van der Waals surface area contributed by atoms with Gasteiger partial charge in [0, 0.05) is 5.53 Å². The molecule has 0 atom stereocenters. The fourth-order valence-corrected chi connectivity index (χ4v) is 0.456. The monoisotopic (exact) mass is 108 g/mol. The minimum Gasteiger partial charge on any atom is -0.110 e. The Kier molecular flexibility index (Phi) is 1.32. The molecule has 0 radical (unpaired) electrons. The van der Waals surface area contributed by atoms with Gasteiger partial charge in [0.1, 0.15) is 17.6 Å². The number of rotatable bonds is 1. The van der Waals surface area contributed by atoms with Crippen molar-refractivity contribution in [3.63, 3.8) is 0 Å². The van der Waals surface area contributed by atoms with Crippen LogP contribution < -0.4 is 4.68 Å². The van der Waals surface area contributed by atoms with Gasteiger partial charge >= 0.3 is 0 Å². The second-order valence-corrected chi connectivity index (χ2v) is 1.36. The minimum absolute atomic E-state index is 1.42. The third kappa shape index (κ3) is 0.872. The van der Waals surface area contributed by atoms with Gasteiger partial charge in [0.05, 0.1) is 0 Å². The molecule has 0 saturated heterocycles. The van der Waals surface area contributed by atoms with Gasteiger partial charge in [-0.2, -0.15) is 0 Å². The van der Waals surface area contributed by atoms with Crippen molar-refractivity contribution in [2.45, 2.75) is 0 Å². The lowest BCUT2D eigenvalue weighted by atomic mass is 10.5. The van der Waals surface area contributed by atoms with Crippen LogP contribution in [0.2, 0.25) is 0 Å². The molecule has 3 heteroatoms. The number of hydrogen-bond acceptors (Lipinski definition) is 2. The Hall–Kier alpha value is -1.25. The number of nitrogens with zero attached hydrogens (tertiary/aromatic N) is 2. The Labute approximate surface area is 47.1 Å². The summed E-state index contributed by atoms with van der Waals surface area (Å²) in [6.07, 6.45) is 3.40. The zero-order valence-corrected chi connectivity index (χ0v) is 4.28. The van der Waals surface area contributed by atoms with Crippen molar-refractivity contribution < 1.29 is 4.68 Å². The second-order valence-electron chi connectivity index (χ2n) is 1.36. The number of nitrogens with one attached hydrogen (secondary N) is 1. The molecule has 1 N–H and O–H groups in total. The third-order valence-corrected chi connectivity index (χ3v) is 0.815. The van der Waals surface area contributed by atoms with Crippen LogP contribution in [0, 0.1) is 5.53 Å². The zero-order valence-electron chi connectivity index (χ0n) is 4.28. The predicted molar refractivity (Wildman–Crippen MR) is 27.2 cm³/mol. The van der Waals surface area contributed by atoms with E-state index in [1.807, 2.05) is 18.2 Å². The Morgan fingerprint density at radius 2 is 1.75 bits per heavy atom. The Morgan fingerprint density at radius 3 is 2.12 bits per heavy atom. The lowest BCUT2D eigenvalue weighted by Crippen LogP contribution is -2.23. The number of pyridine rings is 1. The molecule has 0 bridgehead atoms. The van der Waals surface area contributed by atoms with E-state index in [9.17, 15) is 0 Å². The van der Waals surface area contributed by atoms with Gasteiger partial charge in [-0.05, 0) is 12.1 Å². The summed E-state index contributed by atoms with van der Waals surface area (Å²) in [5.41, 5.74) is 6.53. The van der Waals surface area contributed by atoms with Crippen molar-refractivity contribution in [3.05, 3.63) is 30.6 Å². The first-order valence-corrected chi connectivity index (χ1v) is 2.27. The Bertz CT molecular complexity index is 170. The van der Waals surface area contributed by atoms with E-state index in [0.717, 1.165) is 0 Å². The van der Waals surface area contributed by atoms with Gasteiger partial charge in [-0.25, -0.2) is 0 Å². The van der Waals surface area contributed by atoms with E-state index in [1.54, 1.807) is 12.4 Å². The fourth-order valence-electron chi connectivity index (χ4n) is 0.456. The molecule has 0 aliphatic carbocycles. The van der Waals surface area contributed by atoms with Crippen LogP contribution >= 0.6 is 0 Å². The molecule has 0 spiro atoms. The van der Waals surface area contributed by atoms with E-state index in [0.29, 0.717) is 0 Å². The van der Waals surface area contributed by atoms with Gasteiger partial charge in [-0.3, -0.25) is 0 Å². The molecular formula is C5H6N3+. The van der Waals surface area contributed by atoms with Crippen molar-refractivity contribution in [2.75, 3.05) is 0 Å². The molecule has 0 fully saturated rings. The van der Waals surface area contributed by atoms with Crippen molar-refractivity contribution in [2.24, 2.45) is 5.22 Å². The van der Waals surface area contributed by atoms with E-state index in [1.165, 1.54) is 4.68 Å². The summed E-state index contributed by atoms with van der Waals surface area (Å²) in [5, 5.41) is 3.14. The van der Waals surface area contributed by atoms with E-state index in [2.05, 4.69) is 5.22 Å². The molecule has 1 rings (SSSR count). The van der Waals surface area contributed by atoms with Gasteiger partial charge in [-0.1, -0.05) is 6.07 Å². The molecule has 0 aromatic carbocycles. The van der Waals surface area contributed by atoms with Crippen LogP contribution in [-0.4, -0.2) is 0 Å². The molecule has 0 saturated carbocycles. The van der Waals surface area contributed by atoms with Crippen molar-refractivity contribution in [1.29, 1.82) is 5.53 Å². The fraction of sp³-hybridized carbons (Fsp3) is 0. The first-order chi connectivity index (χ1) is 3.93. The molecule has 40 valence electrons. The van der Waals surface area contributed by atoms with Gasteiger partial charge in [0.25, 0.3) is 0 Å². The topological polar surface area (TPSA) is 40.1 Å². The van der Waals surface area contributed by atoms with Gasteiger partial charge < -0.3 is 0 Å². The summed E-state index contributed by atoms with van der Waals surface area (Å²) in [6, 6.07) is 5.51. The highest BCUT2D eigenvalue weighted by molar-refractivity contribution is 4.83. The SMILES string of the molecule is N=N[n+]1ccccc1. The van der Waals surface area contributed by atoms with E-state index in [4.69, 9.17) is 5.53 Å². The van der Waals surface area contributed by atoms with E-state index in [-0.39, 0.29) is 0 Å². The van der Waals surface area contributed by atoms with Crippen molar-refractivity contribution in [3.8, 4) is 0 Å². The lowest BCUT2D eigenvalue weighted by molar-refractivity contribution is -0.688. The van der Waals surface area contributed by atoms with Crippen LogP contribution in [0.3, 0.4) is 0 Å². The standard InChI is InChI=1S/C5H6N3/c6-7-8-4-2-1-3-5-8/h1-6H/q+1. The summed E-state index contributed by atoms with van der Waals surface area (Å²) in [4.78, 5) is 0. The molecule has 0 amide bonds. The maximum atomic E-state index is 6.53. The minimum atomic E-state index is 1.42. The maximum Gasteiger partial charge on any atom is 0.133 e. The zero-order chi connectivity index (χ0) is 5.82. The van der Waals surface area contributed by atoms with Crippen molar-refractivity contribution >= 4 is 0 Å². The molecule has 3 nitrogen and oxygen atoms in total. The second kappa shape index (κ2) is 2.16. The normalized spacial score (nSPS) is 8.50. The molecule has 1 heterocycles. The van der Waals surface area contributed by atoms with Crippen LogP contribution in [0.1, 0.15) is 0 Å². The van der Waals surface area contributed by atoms with Crippen LogP contribution in [0.25, 0.3) is 0 Å². The summed E-state index contributed by atoms with van der Waals surface area (Å²) >= 11 is 0. The Morgan fingerprint density at radius 1 is 1.12 bits per heavy atom. The first kappa shape index (κ1) is 4.90. The van der Waals surface area contributed by atoms with Gasteiger partial charge in [-0.15, -0.1) is 4.68 Å². The summed E-state index contributed by atoms with van der Waals surface area (Å²) < 4.78 is 1.42. The highest BCUT2D eigenvalue weighted by Crippen LogP contribution is 1.73. The quantitative estimate of drug-likeness (QED) is 0.407. The summed E-state index contributed by atoms with van der Waals surface area (Å²) in [6.45, 7) is 0. The smallest absolute Gasteiger partial charge is 0.110 e. The van der Waals surface area contributed by atoms with E-state index >= 15 is 0 Å². The largest absolute Gasteiger partial charge is 0.133 e. The van der Waals surface area contributed by atoms with E-state index < -0.39 is 0 Å². The summed E-state index contributed by atoms with van der Waals surface area (Å²) in [7, 11) is 0. The highest BCUT2D eigenvalue weighted by Gasteiger charge is 1.82. The maximum absolute atomic E-state index is 6.53. The molecule has 0 aliphatic heterocycles. The van der Waals surface area contributed by atoms with Crippen LogP contribution in [0.15, 0.2) is 35.8 Å². The average molecular weight is 108 g/mol. The van der Waals surface area contributed by atoms with Crippen LogP contribution in [0.5, 0.6) is 0 Å². The van der Waals surface area contributed by atoms with Crippen molar-refractivity contribution in [1.82, 2.24) is 0 Å².